The normalized spacial score (nSPS) is 10.2. The van der Waals surface area contributed by atoms with Gasteiger partial charge in [-0.25, -0.2) is 4.98 Å². The van der Waals surface area contributed by atoms with E-state index in [2.05, 4.69) is 20.6 Å². The van der Waals surface area contributed by atoms with E-state index in [4.69, 9.17) is 21.1 Å². The second kappa shape index (κ2) is 9.05. The summed E-state index contributed by atoms with van der Waals surface area (Å²) in [7, 11) is 3.00. The first-order valence-corrected chi connectivity index (χ1v) is 8.81. The number of carbonyl (C=O) groups excluding carboxylic acids is 1. The smallest absolute Gasteiger partial charge is 0.255 e. The zero-order valence-corrected chi connectivity index (χ0v) is 16.2. The van der Waals surface area contributed by atoms with Gasteiger partial charge in [-0.3, -0.25) is 9.78 Å². The van der Waals surface area contributed by atoms with Crippen LogP contribution in [0.25, 0.3) is 0 Å². The van der Waals surface area contributed by atoms with E-state index in [0.29, 0.717) is 40.1 Å². The predicted molar refractivity (Wildman–Crippen MR) is 108 cm³/mol. The van der Waals surface area contributed by atoms with Gasteiger partial charge in [0, 0.05) is 30.1 Å². The van der Waals surface area contributed by atoms with Gasteiger partial charge in [-0.1, -0.05) is 17.7 Å². The number of amides is 1. The standard InChI is InChI=1S/C20H19ClN4O3/c1-27-17-11-16(18(28-2)10-15(17)21)25-20(26)13-6-8-23-19(9-13)24-12-14-5-3-4-7-22-14/h3-11H,12H2,1-2H3,(H,23,24)(H,25,26). The zero-order valence-electron chi connectivity index (χ0n) is 15.4. The Balaban J connectivity index is 1.74. The van der Waals surface area contributed by atoms with Crippen molar-refractivity contribution in [2.45, 2.75) is 6.54 Å². The molecule has 0 radical (unpaired) electrons. The Hall–Kier alpha value is -3.32. The Morgan fingerprint density at radius 2 is 1.86 bits per heavy atom. The predicted octanol–water partition coefficient (Wildman–Crippen LogP) is 4.01. The molecule has 0 atom stereocenters. The maximum atomic E-state index is 12.7. The Labute approximate surface area is 167 Å². The van der Waals surface area contributed by atoms with Crippen LogP contribution in [0.5, 0.6) is 11.5 Å². The van der Waals surface area contributed by atoms with Crippen LogP contribution in [0.1, 0.15) is 16.1 Å². The van der Waals surface area contributed by atoms with Crippen LogP contribution >= 0.6 is 11.6 Å². The van der Waals surface area contributed by atoms with Gasteiger partial charge in [0.25, 0.3) is 5.91 Å². The lowest BCUT2D eigenvalue weighted by atomic mass is 10.2. The summed E-state index contributed by atoms with van der Waals surface area (Å²) in [5.74, 6) is 1.12. The molecule has 0 bridgehead atoms. The molecule has 0 aliphatic heterocycles. The molecule has 28 heavy (non-hydrogen) atoms. The average molecular weight is 399 g/mol. The van der Waals surface area contributed by atoms with E-state index in [1.165, 1.54) is 14.2 Å². The molecule has 0 unspecified atom stereocenters. The summed E-state index contributed by atoms with van der Waals surface area (Å²) in [4.78, 5) is 21.2. The number of pyridine rings is 2. The fraction of sp³-hybridized carbons (Fsp3) is 0.150. The third kappa shape index (κ3) is 4.69. The number of ether oxygens (including phenoxy) is 2. The summed E-state index contributed by atoms with van der Waals surface area (Å²) in [5, 5.41) is 6.35. The highest BCUT2D eigenvalue weighted by molar-refractivity contribution is 6.32. The maximum absolute atomic E-state index is 12.7. The van der Waals surface area contributed by atoms with E-state index in [0.717, 1.165) is 5.69 Å². The average Bonchev–Trinajstić information content (AvgIpc) is 2.74. The van der Waals surface area contributed by atoms with E-state index in [1.807, 2.05) is 18.2 Å². The van der Waals surface area contributed by atoms with E-state index < -0.39 is 0 Å². The minimum absolute atomic E-state index is 0.314. The molecule has 2 aromatic heterocycles. The third-order valence-corrected chi connectivity index (χ3v) is 4.22. The second-order valence-corrected chi connectivity index (χ2v) is 6.15. The van der Waals surface area contributed by atoms with Crippen molar-refractivity contribution in [2.75, 3.05) is 24.9 Å². The van der Waals surface area contributed by atoms with Gasteiger partial charge in [-0.05, 0) is 24.3 Å². The summed E-state index contributed by atoms with van der Waals surface area (Å²) in [6.07, 6.45) is 3.29. The van der Waals surface area contributed by atoms with Crippen LogP contribution in [0.15, 0.2) is 54.9 Å². The van der Waals surface area contributed by atoms with E-state index >= 15 is 0 Å². The lowest BCUT2D eigenvalue weighted by molar-refractivity contribution is 0.102. The molecule has 1 aromatic carbocycles. The van der Waals surface area contributed by atoms with Crippen LogP contribution in [0.2, 0.25) is 5.02 Å². The molecule has 3 rings (SSSR count). The van der Waals surface area contributed by atoms with Crippen LogP contribution in [0, 0.1) is 0 Å². The monoisotopic (exact) mass is 398 g/mol. The van der Waals surface area contributed by atoms with Crippen LogP contribution in [-0.4, -0.2) is 30.1 Å². The fourth-order valence-corrected chi connectivity index (χ4v) is 2.74. The molecule has 0 spiro atoms. The van der Waals surface area contributed by atoms with Crippen molar-refractivity contribution in [1.82, 2.24) is 9.97 Å². The minimum Gasteiger partial charge on any atom is -0.495 e. The number of nitrogens with one attached hydrogen (secondary N) is 2. The summed E-state index contributed by atoms with van der Waals surface area (Å²) in [6, 6.07) is 12.2. The minimum atomic E-state index is -0.314. The molecule has 0 fully saturated rings. The van der Waals surface area contributed by atoms with Gasteiger partial charge < -0.3 is 20.1 Å². The van der Waals surface area contributed by atoms with Crippen LogP contribution in [-0.2, 0) is 6.54 Å². The highest BCUT2D eigenvalue weighted by Crippen LogP contribution is 2.36. The van der Waals surface area contributed by atoms with Gasteiger partial charge in [-0.15, -0.1) is 0 Å². The van der Waals surface area contributed by atoms with Crippen molar-refractivity contribution in [3.63, 3.8) is 0 Å². The topological polar surface area (TPSA) is 85.4 Å². The van der Waals surface area contributed by atoms with E-state index in [9.17, 15) is 4.79 Å². The Kier molecular flexibility index (Phi) is 6.29. The van der Waals surface area contributed by atoms with Crippen molar-refractivity contribution < 1.29 is 14.3 Å². The number of halogens is 1. The highest BCUT2D eigenvalue weighted by Gasteiger charge is 2.14. The van der Waals surface area contributed by atoms with Crippen molar-refractivity contribution in [2.24, 2.45) is 0 Å². The van der Waals surface area contributed by atoms with Crippen LogP contribution < -0.4 is 20.1 Å². The molecule has 1 amide bonds. The first-order valence-electron chi connectivity index (χ1n) is 8.43. The fourth-order valence-electron chi connectivity index (χ4n) is 2.50. The quantitative estimate of drug-likeness (QED) is 0.625. The summed E-state index contributed by atoms with van der Waals surface area (Å²) in [6.45, 7) is 0.501. The number of carbonyl (C=O) groups is 1. The van der Waals surface area contributed by atoms with Crippen molar-refractivity contribution in [3.8, 4) is 11.5 Å². The molecule has 0 saturated heterocycles. The molecule has 0 aliphatic carbocycles. The Bertz CT molecular complexity index is 967. The van der Waals surface area contributed by atoms with Crippen molar-refractivity contribution in [1.29, 1.82) is 0 Å². The molecule has 2 heterocycles. The van der Waals surface area contributed by atoms with Gasteiger partial charge in [0.1, 0.15) is 17.3 Å². The van der Waals surface area contributed by atoms with Gasteiger partial charge in [0.15, 0.2) is 0 Å². The second-order valence-electron chi connectivity index (χ2n) is 5.75. The first kappa shape index (κ1) is 19.4. The number of anilines is 2. The molecule has 3 aromatic rings. The SMILES string of the molecule is COc1cc(NC(=O)c2ccnc(NCc3ccccn3)c2)c(OC)cc1Cl. The molecular weight excluding hydrogens is 380 g/mol. The highest BCUT2D eigenvalue weighted by atomic mass is 35.5. The Morgan fingerprint density at radius 3 is 2.57 bits per heavy atom. The van der Waals surface area contributed by atoms with Crippen LogP contribution in [0.4, 0.5) is 11.5 Å². The molecule has 144 valence electrons. The van der Waals surface area contributed by atoms with Gasteiger partial charge in [0.05, 0.1) is 37.2 Å². The largest absolute Gasteiger partial charge is 0.495 e. The number of hydrogen-bond donors (Lipinski definition) is 2. The number of benzene rings is 1. The number of nitrogens with zero attached hydrogens (tertiary/aromatic N) is 2. The summed E-state index contributed by atoms with van der Waals surface area (Å²) < 4.78 is 10.5. The number of aromatic nitrogens is 2. The summed E-state index contributed by atoms with van der Waals surface area (Å²) >= 11 is 6.10. The molecule has 8 heteroatoms. The Morgan fingerprint density at radius 1 is 1.04 bits per heavy atom. The maximum Gasteiger partial charge on any atom is 0.255 e. The van der Waals surface area contributed by atoms with Gasteiger partial charge in [0.2, 0.25) is 0 Å². The molecular formula is C20H19ClN4O3. The van der Waals surface area contributed by atoms with Gasteiger partial charge >= 0.3 is 0 Å². The third-order valence-electron chi connectivity index (χ3n) is 3.92. The lowest BCUT2D eigenvalue weighted by Crippen LogP contribution is -2.14. The number of hydrogen-bond acceptors (Lipinski definition) is 6. The van der Waals surface area contributed by atoms with E-state index in [1.54, 1.807) is 36.7 Å². The first-order chi connectivity index (χ1) is 13.6. The number of methoxy groups -OCH3 is 2. The molecule has 7 nitrogen and oxygen atoms in total. The number of rotatable bonds is 7. The van der Waals surface area contributed by atoms with Gasteiger partial charge in [-0.2, -0.15) is 0 Å². The summed E-state index contributed by atoms with van der Waals surface area (Å²) in [5.41, 5.74) is 1.76. The molecule has 0 aliphatic rings. The zero-order chi connectivity index (χ0) is 19.9. The molecule has 0 saturated carbocycles. The van der Waals surface area contributed by atoms with Crippen LogP contribution in [0.3, 0.4) is 0 Å². The molecule has 2 N–H and O–H groups in total. The lowest BCUT2D eigenvalue weighted by Gasteiger charge is -2.13. The van der Waals surface area contributed by atoms with E-state index in [-0.39, 0.29) is 5.91 Å². The van der Waals surface area contributed by atoms with Crippen molar-refractivity contribution in [3.05, 3.63) is 71.1 Å². The van der Waals surface area contributed by atoms with Crippen molar-refractivity contribution >= 4 is 29.0 Å².